The predicted molar refractivity (Wildman–Crippen MR) is 180 cm³/mol. The molecule has 0 radical (unpaired) electrons. The highest BCUT2D eigenvalue weighted by Crippen LogP contribution is 2.31. The molecule has 0 fully saturated rings. The van der Waals surface area contributed by atoms with Crippen LogP contribution < -0.4 is 0 Å². The van der Waals surface area contributed by atoms with Crippen molar-refractivity contribution in [2.45, 2.75) is 0 Å². The zero-order valence-electron chi connectivity index (χ0n) is 24.2. The first-order valence-electron chi connectivity index (χ1n) is 13.8. The minimum absolute atomic E-state index is 0.0828. The monoisotopic (exact) mass is 664 g/mol. The van der Waals surface area contributed by atoms with E-state index in [0.29, 0.717) is 75.5 Å². The van der Waals surface area contributed by atoms with Gasteiger partial charge in [0, 0.05) is 53.8 Å². The number of ether oxygens (including phenoxy) is 4. The largest absolute Gasteiger partial charge is 0.378 e. The Morgan fingerprint density at radius 3 is 1.07 bits per heavy atom. The summed E-state index contributed by atoms with van der Waals surface area (Å²) in [5, 5.41) is 37.5. The number of nitrogens with zero attached hydrogens (tertiary/aromatic N) is 4. The number of rotatable bonds is 0. The van der Waals surface area contributed by atoms with Gasteiger partial charge >= 0.3 is 0 Å². The predicted octanol–water partition coefficient (Wildman–Crippen LogP) is 6.36. The molecule has 1 heterocycles. The molecule has 8 nitrogen and oxygen atoms in total. The van der Waals surface area contributed by atoms with Crippen LogP contribution >= 0.6 is 47.0 Å². The topological polar surface area (TPSA) is 132 Å². The van der Waals surface area contributed by atoms with Crippen molar-refractivity contribution in [3.05, 3.63) is 90.5 Å². The fourth-order valence-corrected chi connectivity index (χ4v) is 7.18. The summed E-state index contributed by atoms with van der Waals surface area (Å²) in [5.74, 6) is 2.91. The Kier molecular flexibility index (Phi) is 17.6. The fourth-order valence-electron chi connectivity index (χ4n) is 3.69. The summed E-state index contributed by atoms with van der Waals surface area (Å²) >= 11 is 6.52. The first-order chi connectivity index (χ1) is 21.7. The van der Waals surface area contributed by atoms with Crippen molar-refractivity contribution in [2.75, 3.05) is 75.9 Å². The van der Waals surface area contributed by atoms with Gasteiger partial charge in [0.2, 0.25) is 0 Å². The smallest absolute Gasteiger partial charge is 0.136 e. The molecular formula is C32H32N4O4S4. The average molecular weight is 665 g/mol. The van der Waals surface area contributed by atoms with E-state index in [2.05, 4.69) is 12.2 Å². The summed E-state index contributed by atoms with van der Waals surface area (Å²) in [5.41, 5.74) is 1.36. The zero-order valence-corrected chi connectivity index (χ0v) is 27.4. The molecule has 0 atom stereocenters. The first-order valence-corrected chi connectivity index (χ1v) is 17.7. The Hall–Kier alpha value is -2.88. The van der Waals surface area contributed by atoms with Gasteiger partial charge in [0.1, 0.15) is 35.4 Å². The van der Waals surface area contributed by atoms with Crippen molar-refractivity contribution in [1.29, 1.82) is 21.0 Å². The van der Waals surface area contributed by atoms with Gasteiger partial charge in [0.15, 0.2) is 0 Å². The Labute approximate surface area is 276 Å². The van der Waals surface area contributed by atoms with Crippen LogP contribution in [0, 0.1) is 45.3 Å². The van der Waals surface area contributed by atoms with Gasteiger partial charge < -0.3 is 18.9 Å². The van der Waals surface area contributed by atoms with Crippen LogP contribution in [0.4, 0.5) is 0 Å². The van der Waals surface area contributed by atoms with Gasteiger partial charge in [0.25, 0.3) is 0 Å². The molecule has 0 saturated carbocycles. The van der Waals surface area contributed by atoms with Gasteiger partial charge in [-0.2, -0.15) is 21.0 Å². The summed E-state index contributed by atoms with van der Waals surface area (Å²) < 4.78 is 23.0. The van der Waals surface area contributed by atoms with Gasteiger partial charge in [0.05, 0.1) is 52.9 Å². The van der Waals surface area contributed by atoms with Crippen LogP contribution in [0.3, 0.4) is 0 Å². The summed E-state index contributed by atoms with van der Waals surface area (Å²) in [6.45, 7) is 4.12. The van der Waals surface area contributed by atoms with Gasteiger partial charge in [-0.05, 0) is 36.5 Å². The summed E-state index contributed by atoms with van der Waals surface area (Å²) in [6, 6.07) is 7.93. The Balaban J connectivity index is 1.61. The maximum absolute atomic E-state index is 9.37. The average Bonchev–Trinajstić information content (AvgIpc) is 3.36. The number of hydrogen-bond donors (Lipinski definition) is 0. The lowest BCUT2D eigenvalue weighted by molar-refractivity contribution is 0.0605. The van der Waals surface area contributed by atoms with E-state index >= 15 is 0 Å². The van der Waals surface area contributed by atoms with Crippen molar-refractivity contribution < 1.29 is 18.9 Å². The van der Waals surface area contributed by atoms with Crippen LogP contribution in [-0.4, -0.2) is 75.9 Å². The highest BCUT2D eigenvalue weighted by molar-refractivity contribution is 8.04. The molecular weight excluding hydrogens is 633 g/mol. The molecule has 0 unspecified atom stereocenters. The molecule has 0 saturated heterocycles. The van der Waals surface area contributed by atoms with E-state index in [1.54, 1.807) is 47.0 Å². The summed E-state index contributed by atoms with van der Waals surface area (Å²) in [6.07, 6.45) is 15.4. The van der Waals surface area contributed by atoms with Crippen molar-refractivity contribution in [3.8, 4) is 24.3 Å². The molecule has 0 aromatic rings. The third kappa shape index (κ3) is 13.4. The number of nitriles is 4. The molecule has 3 aliphatic rings. The number of hydrogen-bond acceptors (Lipinski definition) is 12. The van der Waals surface area contributed by atoms with Crippen LogP contribution in [0.15, 0.2) is 90.5 Å². The van der Waals surface area contributed by atoms with Crippen LogP contribution in [-0.2, 0) is 18.9 Å². The van der Waals surface area contributed by atoms with E-state index in [1.807, 2.05) is 60.7 Å². The molecule has 0 aromatic heterocycles. The van der Waals surface area contributed by atoms with Crippen molar-refractivity contribution >= 4 is 47.0 Å². The van der Waals surface area contributed by atoms with Crippen LogP contribution in [0.2, 0.25) is 0 Å². The van der Waals surface area contributed by atoms with Gasteiger partial charge in [-0.15, -0.1) is 47.0 Å². The normalized spacial score (nSPS) is 20.0. The lowest BCUT2D eigenvalue weighted by atomic mass is 10.1. The third-order valence-corrected chi connectivity index (χ3v) is 9.57. The highest BCUT2D eigenvalue weighted by atomic mass is 32.2. The van der Waals surface area contributed by atoms with E-state index in [4.69, 9.17) is 18.9 Å². The first kappa shape index (κ1) is 35.6. The maximum Gasteiger partial charge on any atom is 0.136 e. The second kappa shape index (κ2) is 21.8. The Bertz CT molecular complexity index is 1290. The minimum Gasteiger partial charge on any atom is -0.378 e. The number of fused-ring (bicyclic) bond motifs is 2. The van der Waals surface area contributed by atoms with Crippen molar-refractivity contribution in [2.24, 2.45) is 0 Å². The van der Waals surface area contributed by atoms with Gasteiger partial charge in [-0.1, -0.05) is 12.2 Å². The van der Waals surface area contributed by atoms with Crippen LogP contribution in [0.5, 0.6) is 0 Å². The molecule has 3 rings (SSSR count). The Morgan fingerprint density at radius 2 is 0.750 bits per heavy atom. The van der Waals surface area contributed by atoms with E-state index in [0.717, 1.165) is 31.1 Å². The molecule has 44 heavy (non-hydrogen) atoms. The van der Waals surface area contributed by atoms with Gasteiger partial charge in [-0.25, -0.2) is 0 Å². The second-order valence-electron chi connectivity index (χ2n) is 8.80. The number of thioether (sulfide) groups is 4. The lowest BCUT2D eigenvalue weighted by Gasteiger charge is -2.09. The van der Waals surface area contributed by atoms with Crippen LogP contribution in [0.1, 0.15) is 0 Å². The van der Waals surface area contributed by atoms with Crippen LogP contribution in [0.25, 0.3) is 0 Å². The van der Waals surface area contributed by atoms with E-state index in [1.165, 1.54) is 0 Å². The molecule has 12 heteroatoms. The molecule has 0 aromatic carbocycles. The van der Waals surface area contributed by atoms with Crippen molar-refractivity contribution in [1.82, 2.24) is 0 Å². The third-order valence-electron chi connectivity index (χ3n) is 5.77. The Morgan fingerprint density at radius 1 is 0.432 bits per heavy atom. The van der Waals surface area contributed by atoms with Gasteiger partial charge in [-0.3, -0.25) is 0 Å². The molecule has 1 aliphatic heterocycles. The quantitative estimate of drug-likeness (QED) is 0.267. The number of allylic oxidation sites excluding steroid dienone is 12. The zero-order chi connectivity index (χ0) is 31.2. The van der Waals surface area contributed by atoms with Crippen molar-refractivity contribution in [3.63, 3.8) is 0 Å². The molecule has 4 bridgehead atoms. The summed E-state index contributed by atoms with van der Waals surface area (Å²) in [7, 11) is 0. The lowest BCUT2D eigenvalue weighted by Crippen LogP contribution is -2.08. The van der Waals surface area contributed by atoms with E-state index < -0.39 is 0 Å². The standard InChI is InChI=1S/C32H32N4O4S4/c33-21-27(22-34)25-1-3-29-19-31(17-25)43-15-11-39-8-6-38-10-14-42-30-4-2-26(28(23-35)24-36)18-32(20-30)44-16-12-40-7-5-37-9-13-41-29/h1-4,17-20H,5-16H2. The molecule has 0 N–H and O–H groups in total. The fraction of sp³-hybridized carbons (Fsp3) is 0.375. The SMILES string of the molecule is N#CC(C#N)=C1C=CC2=CC(=C1)SCCOCCOCCSC1=CC(=CC(=C(C#N)C#N)C=C1)SCCOCCOCCS2. The highest BCUT2D eigenvalue weighted by Gasteiger charge is 2.10. The molecule has 2 aliphatic carbocycles. The second-order valence-corrected chi connectivity index (χ2v) is 13.5. The maximum atomic E-state index is 9.37. The molecule has 0 amide bonds. The molecule has 228 valence electrons. The molecule has 0 spiro atoms. The van der Waals surface area contributed by atoms with E-state index in [-0.39, 0.29) is 11.1 Å². The minimum atomic E-state index is 0.0828. The van der Waals surface area contributed by atoms with E-state index in [9.17, 15) is 21.0 Å². The summed E-state index contributed by atoms with van der Waals surface area (Å²) in [4.78, 5) is 3.96.